The Labute approximate surface area is 314 Å². The van der Waals surface area contributed by atoms with E-state index in [1.807, 2.05) is 45.5 Å². The lowest BCUT2D eigenvalue weighted by Gasteiger charge is -2.27. The molecule has 3 heterocycles. The first kappa shape index (κ1) is 38.5. The largest absolute Gasteiger partial charge is 0.497 e. The van der Waals surface area contributed by atoms with Crippen LogP contribution in [-0.2, 0) is 36.8 Å². The van der Waals surface area contributed by atoms with Gasteiger partial charge in [0.1, 0.15) is 23.1 Å². The summed E-state index contributed by atoms with van der Waals surface area (Å²) in [5.74, 6) is 2.59. The Bertz CT molecular complexity index is 2250. The number of hydrogen-bond donors (Lipinski definition) is 0. The fourth-order valence-corrected chi connectivity index (χ4v) is 8.26. The molecule has 54 heavy (non-hydrogen) atoms. The molecule has 0 unspecified atom stereocenters. The lowest BCUT2D eigenvalue weighted by Crippen LogP contribution is -2.29. The number of methoxy groups -OCH3 is 2. The van der Waals surface area contributed by atoms with E-state index in [0.717, 1.165) is 84.9 Å². The van der Waals surface area contributed by atoms with Gasteiger partial charge in [0.15, 0.2) is 5.78 Å². The summed E-state index contributed by atoms with van der Waals surface area (Å²) in [6.45, 7) is 3.03. The molecule has 0 amide bonds. The maximum Gasteiger partial charge on any atom is 0.328 e. The van der Waals surface area contributed by atoms with E-state index in [-0.39, 0.29) is 41.2 Å². The Morgan fingerprint density at radius 1 is 0.648 bits per heavy atom. The van der Waals surface area contributed by atoms with E-state index in [9.17, 15) is 24.0 Å². The predicted octanol–water partition coefficient (Wildman–Crippen LogP) is 6.14. The maximum atomic E-state index is 12.8. The lowest BCUT2D eigenvalue weighted by molar-refractivity contribution is -0.123. The molecular formula is C42H51N5O7. The second-order valence-corrected chi connectivity index (χ2v) is 15.0. The number of hydrogen-bond acceptors (Lipinski definition) is 8. The second-order valence-electron chi connectivity index (χ2n) is 15.0. The zero-order valence-corrected chi connectivity index (χ0v) is 32.0. The number of fused-ring (bicyclic) bond motifs is 2. The molecule has 0 spiro atoms. The van der Waals surface area contributed by atoms with Gasteiger partial charge < -0.3 is 9.47 Å². The summed E-state index contributed by atoms with van der Waals surface area (Å²) in [6.07, 6.45) is 10.2. The number of Topliss-reactive ketones (excluding diaryl/α,β-unsaturated/α-hetero) is 3. The van der Waals surface area contributed by atoms with Crippen molar-refractivity contribution in [3.05, 3.63) is 87.5 Å². The number of aromatic nitrogens is 5. The summed E-state index contributed by atoms with van der Waals surface area (Å²) in [4.78, 5) is 65.7. The maximum absolute atomic E-state index is 12.8. The third-order valence-corrected chi connectivity index (χ3v) is 11.6. The van der Waals surface area contributed by atoms with Crippen molar-refractivity contribution in [2.24, 2.45) is 37.8 Å². The number of ketones is 3. The summed E-state index contributed by atoms with van der Waals surface area (Å²) in [5, 5.41) is 0. The van der Waals surface area contributed by atoms with Crippen molar-refractivity contribution >= 4 is 39.4 Å². The Morgan fingerprint density at radius 2 is 1.09 bits per heavy atom. The average molecular weight is 738 g/mol. The Kier molecular flexibility index (Phi) is 12.0. The summed E-state index contributed by atoms with van der Waals surface area (Å²) >= 11 is 0. The minimum Gasteiger partial charge on any atom is -0.497 e. The summed E-state index contributed by atoms with van der Waals surface area (Å²) < 4.78 is 17.6. The van der Waals surface area contributed by atoms with Crippen LogP contribution >= 0.6 is 0 Å². The molecule has 2 fully saturated rings. The number of rotatable bonds is 11. The van der Waals surface area contributed by atoms with Crippen LogP contribution in [0.3, 0.4) is 0 Å². The number of aryl methyl sites for hydroxylation is 2. The van der Waals surface area contributed by atoms with Crippen molar-refractivity contribution in [2.75, 3.05) is 14.2 Å². The van der Waals surface area contributed by atoms with Crippen LogP contribution in [0.2, 0.25) is 0 Å². The second kappa shape index (κ2) is 16.8. The summed E-state index contributed by atoms with van der Waals surface area (Å²) in [7, 11) is 6.84. The fraction of sp³-hybridized carbons (Fsp3) is 0.476. The van der Waals surface area contributed by atoms with Gasteiger partial charge in [-0.25, -0.2) is 9.59 Å². The highest BCUT2D eigenvalue weighted by Gasteiger charge is 2.29. The minimum atomic E-state index is -0.147. The van der Waals surface area contributed by atoms with Gasteiger partial charge in [0.2, 0.25) is 0 Å². The van der Waals surface area contributed by atoms with Crippen molar-refractivity contribution in [3.8, 4) is 11.5 Å². The molecule has 3 aromatic heterocycles. The molecule has 286 valence electrons. The van der Waals surface area contributed by atoms with Gasteiger partial charge in [-0.15, -0.1) is 0 Å². The highest BCUT2D eigenvalue weighted by atomic mass is 16.5. The highest BCUT2D eigenvalue weighted by molar-refractivity contribution is 6.08. The third kappa shape index (κ3) is 8.27. The van der Waals surface area contributed by atoms with Crippen LogP contribution < -0.4 is 20.9 Å². The molecule has 0 saturated heterocycles. The summed E-state index contributed by atoms with van der Waals surface area (Å²) in [5.41, 5.74) is 4.10. The molecule has 0 radical (unpaired) electrons. The normalized spacial score (nSPS) is 19.9. The van der Waals surface area contributed by atoms with Gasteiger partial charge in [0.25, 0.3) is 0 Å². The standard InChI is InChI=1S/C24H27N3O4.C18H24N2O3/c1-26-20-8-7-19(31-2)13-21(20)27(24(26)30)15-16-3-5-17(6-4-16)22(28)14-23(29)18-9-11-25-12-10-18;1-12(21)14-6-4-13(5-7-14)11-20-17-10-15(23-3)8-9-16(17)19(2)18(20)22/h7-13,16-17H,3-6,14-15H2,1-2H3;8-10,13-14H,4-7,11H2,1-3H3. The number of carbonyl (C=O) groups excluding carboxylic acids is 3. The van der Waals surface area contributed by atoms with Gasteiger partial charge in [0, 0.05) is 69.1 Å². The van der Waals surface area contributed by atoms with E-state index in [1.165, 1.54) is 0 Å². The Hall–Kier alpha value is -5.26. The van der Waals surface area contributed by atoms with E-state index in [4.69, 9.17) is 9.47 Å². The molecule has 2 aromatic carbocycles. The van der Waals surface area contributed by atoms with Crippen LogP contribution in [-0.4, -0.2) is 54.8 Å². The van der Waals surface area contributed by atoms with Crippen LogP contribution in [0.1, 0.15) is 75.1 Å². The highest BCUT2D eigenvalue weighted by Crippen LogP contribution is 2.33. The number of ether oxygens (including phenoxy) is 2. The van der Waals surface area contributed by atoms with Crippen molar-refractivity contribution < 1.29 is 23.9 Å². The molecular weight excluding hydrogens is 686 g/mol. The molecule has 0 N–H and O–H groups in total. The third-order valence-electron chi connectivity index (χ3n) is 11.6. The first-order valence-electron chi connectivity index (χ1n) is 18.9. The number of nitrogens with zero attached hydrogens (tertiary/aromatic N) is 5. The quantitative estimate of drug-likeness (QED) is 0.117. The van der Waals surface area contributed by atoms with Gasteiger partial charge in [-0.2, -0.15) is 0 Å². The van der Waals surface area contributed by atoms with Crippen molar-refractivity contribution in [3.63, 3.8) is 0 Å². The summed E-state index contributed by atoms with van der Waals surface area (Å²) in [6, 6.07) is 14.7. The van der Waals surface area contributed by atoms with Gasteiger partial charge in [0.05, 0.1) is 42.7 Å². The molecule has 12 nitrogen and oxygen atoms in total. The van der Waals surface area contributed by atoms with Crippen molar-refractivity contribution in [2.45, 2.75) is 77.8 Å². The van der Waals surface area contributed by atoms with Gasteiger partial charge >= 0.3 is 11.4 Å². The van der Waals surface area contributed by atoms with Gasteiger partial charge in [-0.05, 0) is 107 Å². The van der Waals surface area contributed by atoms with E-state index in [1.54, 1.807) is 68.9 Å². The molecule has 2 saturated carbocycles. The van der Waals surface area contributed by atoms with Crippen LogP contribution in [0.4, 0.5) is 0 Å². The number of benzene rings is 2. The monoisotopic (exact) mass is 737 g/mol. The number of imidazole rings is 2. The fourth-order valence-electron chi connectivity index (χ4n) is 8.26. The zero-order chi connectivity index (χ0) is 38.5. The van der Waals surface area contributed by atoms with E-state index in [2.05, 4.69) is 4.98 Å². The van der Waals surface area contributed by atoms with E-state index >= 15 is 0 Å². The smallest absolute Gasteiger partial charge is 0.328 e. The van der Waals surface area contributed by atoms with Gasteiger partial charge in [-0.3, -0.25) is 37.6 Å². The number of pyridine rings is 1. The Morgan fingerprint density at radius 3 is 1.52 bits per heavy atom. The van der Waals surface area contributed by atoms with Crippen molar-refractivity contribution in [1.82, 2.24) is 23.3 Å². The zero-order valence-electron chi connectivity index (χ0n) is 32.0. The first-order chi connectivity index (χ1) is 26.0. The average Bonchev–Trinajstić information content (AvgIpc) is 3.57. The SMILES string of the molecule is COc1ccc2c(c1)n(CC1CCC(C(=O)CC(=O)c3ccncc3)CC1)c(=O)n2C.COc1ccc2c(c1)n(CC1CCC(C(C)=O)CC1)c(=O)n2C. The van der Waals surface area contributed by atoms with E-state index < -0.39 is 0 Å². The van der Waals surface area contributed by atoms with E-state index in [0.29, 0.717) is 36.3 Å². The molecule has 0 aliphatic heterocycles. The number of carbonyl (C=O) groups is 3. The predicted molar refractivity (Wildman–Crippen MR) is 207 cm³/mol. The molecule has 0 atom stereocenters. The molecule has 0 bridgehead atoms. The van der Waals surface area contributed by atoms with Crippen LogP contribution in [0.5, 0.6) is 11.5 Å². The molecule has 7 rings (SSSR count). The van der Waals surface area contributed by atoms with Crippen LogP contribution in [0, 0.1) is 23.7 Å². The van der Waals surface area contributed by atoms with Gasteiger partial charge in [-0.1, -0.05) is 0 Å². The lowest BCUT2D eigenvalue weighted by atomic mass is 9.79. The Balaban J connectivity index is 0.000000193. The topological polar surface area (TPSA) is 136 Å². The molecule has 12 heteroatoms. The van der Waals surface area contributed by atoms with Crippen molar-refractivity contribution in [1.29, 1.82) is 0 Å². The molecule has 2 aliphatic rings. The first-order valence-corrected chi connectivity index (χ1v) is 18.9. The molecule has 2 aliphatic carbocycles. The van der Waals surface area contributed by atoms with Crippen LogP contribution in [0.25, 0.3) is 22.1 Å². The van der Waals surface area contributed by atoms with Crippen LogP contribution in [0.15, 0.2) is 70.5 Å². The molecule has 5 aromatic rings. The minimum absolute atomic E-state index is 0.0157.